The van der Waals surface area contributed by atoms with E-state index in [1.807, 2.05) is 0 Å². The van der Waals surface area contributed by atoms with Crippen LogP contribution in [0.4, 0.5) is 0 Å². The van der Waals surface area contributed by atoms with Crippen molar-refractivity contribution in [1.29, 1.82) is 0 Å². The molecule has 1 aromatic carbocycles. The van der Waals surface area contributed by atoms with E-state index in [0.717, 1.165) is 25.7 Å². The second kappa shape index (κ2) is 5.69. The van der Waals surface area contributed by atoms with Gasteiger partial charge in [-0.2, -0.15) is 0 Å². The van der Waals surface area contributed by atoms with Crippen LogP contribution >= 0.6 is 0 Å². The van der Waals surface area contributed by atoms with Gasteiger partial charge in [-0.05, 0) is 61.8 Å². The third kappa shape index (κ3) is 2.32. The number of hydrogen-bond donors (Lipinski definition) is 1. The van der Waals surface area contributed by atoms with Gasteiger partial charge >= 0.3 is 0 Å². The molecule has 0 spiro atoms. The summed E-state index contributed by atoms with van der Waals surface area (Å²) in [6.07, 6.45) is 5.61. The Balaban J connectivity index is 2.27. The molecule has 0 amide bonds. The molecule has 1 heterocycles. The van der Waals surface area contributed by atoms with Gasteiger partial charge in [0.15, 0.2) is 0 Å². The second-order valence-electron chi connectivity index (χ2n) is 6.15. The van der Waals surface area contributed by atoms with Crippen LogP contribution in [-0.2, 0) is 19.3 Å². The Bertz CT molecular complexity index is 630. The van der Waals surface area contributed by atoms with E-state index in [0.29, 0.717) is 0 Å². The van der Waals surface area contributed by atoms with Crippen LogP contribution in [0.1, 0.15) is 60.8 Å². The lowest BCUT2D eigenvalue weighted by atomic mass is 9.93. The van der Waals surface area contributed by atoms with Crippen molar-refractivity contribution in [1.82, 2.24) is 4.57 Å². The Labute approximate surface area is 128 Å². The van der Waals surface area contributed by atoms with Crippen molar-refractivity contribution in [2.75, 3.05) is 0 Å². The van der Waals surface area contributed by atoms with Crippen LogP contribution < -0.4 is 5.73 Å². The van der Waals surface area contributed by atoms with Crippen LogP contribution in [0.15, 0.2) is 24.3 Å². The van der Waals surface area contributed by atoms with Gasteiger partial charge in [0.25, 0.3) is 0 Å². The molecule has 0 radical (unpaired) electrons. The van der Waals surface area contributed by atoms with Gasteiger partial charge in [-0.15, -0.1) is 0 Å². The molecule has 112 valence electrons. The lowest BCUT2D eigenvalue weighted by molar-refractivity contribution is 0.559. The number of hydrogen-bond acceptors (Lipinski definition) is 1. The molecule has 0 saturated carbocycles. The molecule has 2 aromatic rings. The maximum absolute atomic E-state index is 6.33. The minimum atomic E-state index is 0.215. The average molecular weight is 282 g/mol. The molecular weight excluding hydrogens is 256 g/mol. The summed E-state index contributed by atoms with van der Waals surface area (Å²) in [7, 11) is 0. The Morgan fingerprint density at radius 2 is 1.86 bits per heavy atom. The number of aromatic nitrogens is 1. The van der Waals surface area contributed by atoms with Crippen molar-refractivity contribution in [2.24, 2.45) is 5.73 Å². The minimum absolute atomic E-state index is 0.215. The number of fused-ring (bicyclic) bond motifs is 1. The Morgan fingerprint density at radius 3 is 2.48 bits per heavy atom. The van der Waals surface area contributed by atoms with Crippen molar-refractivity contribution in [3.63, 3.8) is 0 Å². The topological polar surface area (TPSA) is 30.9 Å². The highest BCUT2D eigenvalue weighted by Gasteiger charge is 2.24. The summed E-state index contributed by atoms with van der Waals surface area (Å²) in [5.74, 6) is 0. The standard InChI is InChI=1S/C19H26N2/c1-4-14-8-6-9-15(5-2)19(14)21-13(3)12-16-17(20)10-7-11-18(16)21/h6,8-9,12,17H,4-5,7,10-11,20H2,1-3H3. The largest absolute Gasteiger partial charge is 0.324 e. The quantitative estimate of drug-likeness (QED) is 0.896. The minimum Gasteiger partial charge on any atom is -0.324 e. The zero-order chi connectivity index (χ0) is 15.0. The Morgan fingerprint density at radius 1 is 1.19 bits per heavy atom. The number of para-hydroxylation sites is 1. The maximum atomic E-state index is 6.33. The first-order valence-corrected chi connectivity index (χ1v) is 8.25. The number of aryl methyl sites for hydroxylation is 3. The summed E-state index contributed by atoms with van der Waals surface area (Å²) in [6, 6.07) is 9.25. The molecular formula is C19H26N2. The summed E-state index contributed by atoms with van der Waals surface area (Å²) < 4.78 is 2.49. The zero-order valence-corrected chi connectivity index (χ0v) is 13.4. The molecule has 1 aromatic heterocycles. The summed E-state index contributed by atoms with van der Waals surface area (Å²) >= 11 is 0. The summed E-state index contributed by atoms with van der Waals surface area (Å²) in [6.45, 7) is 6.71. The summed E-state index contributed by atoms with van der Waals surface area (Å²) in [5, 5.41) is 0. The number of benzene rings is 1. The van der Waals surface area contributed by atoms with Crippen LogP contribution in [0.2, 0.25) is 0 Å². The molecule has 2 N–H and O–H groups in total. The van der Waals surface area contributed by atoms with Crippen molar-refractivity contribution in [3.05, 3.63) is 52.3 Å². The third-order valence-corrected chi connectivity index (χ3v) is 4.84. The first-order valence-electron chi connectivity index (χ1n) is 8.25. The summed E-state index contributed by atoms with van der Waals surface area (Å²) in [5.41, 5.74) is 14.8. The first-order chi connectivity index (χ1) is 10.2. The molecule has 3 rings (SSSR count). The fourth-order valence-electron chi connectivity index (χ4n) is 3.75. The van der Waals surface area contributed by atoms with Crippen LogP contribution in [0.3, 0.4) is 0 Å². The Hall–Kier alpha value is -1.54. The normalized spacial score (nSPS) is 17.8. The van der Waals surface area contributed by atoms with Crippen LogP contribution in [-0.4, -0.2) is 4.57 Å². The predicted molar refractivity (Wildman–Crippen MR) is 89.1 cm³/mol. The SMILES string of the molecule is CCc1cccc(CC)c1-n1c(C)cc2c1CCCC2N. The van der Waals surface area contributed by atoms with Crippen molar-refractivity contribution >= 4 is 0 Å². The van der Waals surface area contributed by atoms with E-state index in [1.54, 1.807) is 0 Å². The number of nitrogens with zero attached hydrogens (tertiary/aromatic N) is 1. The number of nitrogens with two attached hydrogens (primary N) is 1. The summed E-state index contributed by atoms with van der Waals surface area (Å²) in [4.78, 5) is 0. The monoisotopic (exact) mass is 282 g/mol. The zero-order valence-electron chi connectivity index (χ0n) is 13.4. The molecule has 1 atom stereocenters. The Kier molecular flexibility index (Phi) is 3.90. The van der Waals surface area contributed by atoms with Gasteiger partial charge in [0.2, 0.25) is 0 Å². The molecule has 2 nitrogen and oxygen atoms in total. The van der Waals surface area contributed by atoms with Gasteiger partial charge in [0, 0.05) is 17.4 Å². The van der Waals surface area contributed by atoms with E-state index in [-0.39, 0.29) is 6.04 Å². The highest BCUT2D eigenvalue weighted by molar-refractivity contribution is 5.53. The lowest BCUT2D eigenvalue weighted by Gasteiger charge is -2.24. The van der Waals surface area contributed by atoms with Gasteiger partial charge in [-0.3, -0.25) is 0 Å². The third-order valence-electron chi connectivity index (χ3n) is 4.84. The van der Waals surface area contributed by atoms with Crippen LogP contribution in [0.5, 0.6) is 0 Å². The van der Waals surface area contributed by atoms with E-state index in [9.17, 15) is 0 Å². The molecule has 1 aliphatic carbocycles. The molecule has 0 aliphatic heterocycles. The van der Waals surface area contributed by atoms with Gasteiger partial charge in [0.05, 0.1) is 5.69 Å². The molecule has 1 aliphatic rings. The second-order valence-corrected chi connectivity index (χ2v) is 6.15. The van der Waals surface area contributed by atoms with Crippen molar-refractivity contribution < 1.29 is 0 Å². The van der Waals surface area contributed by atoms with Crippen LogP contribution in [0.25, 0.3) is 5.69 Å². The molecule has 0 saturated heterocycles. The highest BCUT2D eigenvalue weighted by atomic mass is 15.0. The maximum Gasteiger partial charge on any atom is 0.0518 e. The lowest BCUT2D eigenvalue weighted by Crippen LogP contribution is -2.18. The van der Waals surface area contributed by atoms with Gasteiger partial charge in [-0.25, -0.2) is 0 Å². The molecule has 2 heteroatoms. The van der Waals surface area contributed by atoms with Crippen molar-refractivity contribution in [2.45, 2.75) is 58.9 Å². The molecule has 21 heavy (non-hydrogen) atoms. The van der Waals surface area contributed by atoms with E-state index in [4.69, 9.17) is 5.73 Å². The fourth-order valence-corrected chi connectivity index (χ4v) is 3.75. The van der Waals surface area contributed by atoms with E-state index in [2.05, 4.69) is 49.6 Å². The number of rotatable bonds is 3. The highest BCUT2D eigenvalue weighted by Crippen LogP contribution is 2.35. The fraction of sp³-hybridized carbons (Fsp3) is 0.474. The van der Waals surface area contributed by atoms with E-state index >= 15 is 0 Å². The van der Waals surface area contributed by atoms with E-state index < -0.39 is 0 Å². The van der Waals surface area contributed by atoms with Crippen molar-refractivity contribution in [3.8, 4) is 5.69 Å². The average Bonchev–Trinajstić information content (AvgIpc) is 2.83. The smallest absolute Gasteiger partial charge is 0.0518 e. The van der Waals surface area contributed by atoms with E-state index in [1.165, 1.54) is 40.2 Å². The predicted octanol–water partition coefficient (Wildman–Crippen LogP) is 4.25. The molecule has 0 bridgehead atoms. The first kappa shape index (κ1) is 14.4. The van der Waals surface area contributed by atoms with Gasteiger partial charge < -0.3 is 10.3 Å². The molecule has 1 unspecified atom stereocenters. The van der Waals surface area contributed by atoms with Crippen LogP contribution in [0, 0.1) is 6.92 Å². The van der Waals surface area contributed by atoms with Gasteiger partial charge in [-0.1, -0.05) is 32.0 Å². The molecule has 0 fully saturated rings. The van der Waals surface area contributed by atoms with Gasteiger partial charge in [0.1, 0.15) is 0 Å².